The minimum atomic E-state index is 0.439. The second kappa shape index (κ2) is 7.09. The van der Waals surface area contributed by atoms with Crippen molar-refractivity contribution in [2.45, 2.75) is 26.4 Å². The highest BCUT2D eigenvalue weighted by Crippen LogP contribution is 2.38. The minimum Gasteiger partial charge on any atom is -0.496 e. The molecule has 0 saturated carbocycles. The molecule has 2 rings (SSSR count). The Morgan fingerprint density at radius 1 is 1.10 bits per heavy atom. The Kier molecular flexibility index (Phi) is 5.17. The van der Waals surface area contributed by atoms with Crippen molar-refractivity contribution < 1.29 is 9.47 Å². The van der Waals surface area contributed by atoms with Gasteiger partial charge in [-0.1, -0.05) is 19.9 Å². The number of nitrogens with zero attached hydrogens (tertiary/aromatic N) is 1. The van der Waals surface area contributed by atoms with Crippen LogP contribution in [0.2, 0.25) is 0 Å². The summed E-state index contributed by atoms with van der Waals surface area (Å²) in [7, 11) is 3.33. The summed E-state index contributed by atoms with van der Waals surface area (Å²) in [5.74, 6) is 1.57. The molecular weight excluding hydrogens is 264 g/mol. The lowest BCUT2D eigenvalue weighted by atomic mass is 10.0. The number of benzene rings is 1. The van der Waals surface area contributed by atoms with Gasteiger partial charge in [-0.05, 0) is 23.8 Å². The van der Waals surface area contributed by atoms with Gasteiger partial charge >= 0.3 is 0 Å². The van der Waals surface area contributed by atoms with Crippen molar-refractivity contribution in [1.82, 2.24) is 10.3 Å². The molecule has 0 fully saturated rings. The van der Waals surface area contributed by atoms with Crippen molar-refractivity contribution in [3.05, 3.63) is 42.2 Å². The smallest absolute Gasteiger partial charge is 0.130 e. The van der Waals surface area contributed by atoms with Crippen molar-refractivity contribution in [3.63, 3.8) is 0 Å². The zero-order valence-corrected chi connectivity index (χ0v) is 13.0. The molecule has 0 atom stereocenters. The first-order chi connectivity index (χ1) is 10.2. The van der Waals surface area contributed by atoms with Crippen molar-refractivity contribution in [2.24, 2.45) is 0 Å². The maximum atomic E-state index is 5.46. The van der Waals surface area contributed by atoms with Crippen LogP contribution in [0.5, 0.6) is 11.5 Å². The Labute approximate surface area is 126 Å². The van der Waals surface area contributed by atoms with Gasteiger partial charge in [-0.2, -0.15) is 0 Å². The van der Waals surface area contributed by atoms with Crippen LogP contribution in [-0.2, 0) is 6.54 Å². The fourth-order valence-electron chi connectivity index (χ4n) is 2.18. The van der Waals surface area contributed by atoms with Crippen LogP contribution < -0.4 is 14.8 Å². The lowest BCUT2D eigenvalue weighted by Gasteiger charge is -2.14. The zero-order chi connectivity index (χ0) is 15.2. The van der Waals surface area contributed by atoms with E-state index in [0.717, 1.165) is 34.7 Å². The van der Waals surface area contributed by atoms with E-state index >= 15 is 0 Å². The maximum Gasteiger partial charge on any atom is 0.130 e. The molecule has 1 heterocycles. The maximum absolute atomic E-state index is 5.46. The van der Waals surface area contributed by atoms with Gasteiger partial charge in [0.25, 0.3) is 0 Å². The SMILES string of the molecule is COc1cccc(OC)c1-c1cncc(CNC(C)C)c1. The van der Waals surface area contributed by atoms with Gasteiger partial charge < -0.3 is 14.8 Å². The lowest BCUT2D eigenvalue weighted by Crippen LogP contribution is -2.21. The van der Waals surface area contributed by atoms with Gasteiger partial charge in [-0.3, -0.25) is 4.98 Å². The molecule has 4 nitrogen and oxygen atoms in total. The summed E-state index contributed by atoms with van der Waals surface area (Å²) in [6.07, 6.45) is 3.71. The summed E-state index contributed by atoms with van der Waals surface area (Å²) >= 11 is 0. The standard InChI is InChI=1S/C17H22N2O2/c1-12(2)19-10-13-8-14(11-18-9-13)17-15(20-3)6-5-7-16(17)21-4/h5-9,11-12,19H,10H2,1-4H3. The van der Waals surface area contributed by atoms with Gasteiger partial charge in [0.1, 0.15) is 11.5 Å². The minimum absolute atomic E-state index is 0.439. The highest BCUT2D eigenvalue weighted by molar-refractivity contribution is 5.76. The number of ether oxygens (including phenoxy) is 2. The molecule has 4 heteroatoms. The molecule has 1 N–H and O–H groups in total. The van der Waals surface area contributed by atoms with E-state index in [0.29, 0.717) is 6.04 Å². The van der Waals surface area contributed by atoms with Gasteiger partial charge in [-0.25, -0.2) is 0 Å². The number of nitrogens with one attached hydrogen (secondary N) is 1. The van der Waals surface area contributed by atoms with E-state index in [4.69, 9.17) is 9.47 Å². The summed E-state index contributed by atoms with van der Waals surface area (Å²) in [5, 5.41) is 3.40. The Morgan fingerprint density at radius 2 is 1.76 bits per heavy atom. The molecule has 1 aromatic carbocycles. The molecule has 0 spiro atoms. The number of methoxy groups -OCH3 is 2. The third-order valence-electron chi connectivity index (χ3n) is 3.23. The summed E-state index contributed by atoms with van der Waals surface area (Å²) in [5.41, 5.74) is 3.06. The molecule has 112 valence electrons. The molecule has 0 aliphatic heterocycles. The van der Waals surface area contributed by atoms with Crippen molar-refractivity contribution in [3.8, 4) is 22.6 Å². The van der Waals surface area contributed by atoms with Crippen LogP contribution >= 0.6 is 0 Å². The highest BCUT2D eigenvalue weighted by Gasteiger charge is 2.13. The molecule has 2 aromatic rings. The Hall–Kier alpha value is -2.07. The molecule has 0 aliphatic carbocycles. The van der Waals surface area contributed by atoms with E-state index in [1.54, 1.807) is 14.2 Å². The number of aromatic nitrogens is 1. The van der Waals surface area contributed by atoms with Crippen LogP contribution in [0.15, 0.2) is 36.7 Å². The molecular formula is C17H22N2O2. The second-order valence-electron chi connectivity index (χ2n) is 5.15. The average molecular weight is 286 g/mol. The number of hydrogen-bond acceptors (Lipinski definition) is 4. The van der Waals surface area contributed by atoms with Gasteiger partial charge in [0, 0.05) is 30.5 Å². The van der Waals surface area contributed by atoms with E-state index in [9.17, 15) is 0 Å². The molecule has 0 radical (unpaired) electrons. The van der Waals surface area contributed by atoms with Crippen LogP contribution in [0.3, 0.4) is 0 Å². The summed E-state index contributed by atoms with van der Waals surface area (Å²) in [6, 6.07) is 8.32. The van der Waals surface area contributed by atoms with Gasteiger partial charge in [-0.15, -0.1) is 0 Å². The first-order valence-corrected chi connectivity index (χ1v) is 7.04. The predicted molar refractivity (Wildman–Crippen MR) is 84.8 cm³/mol. The summed E-state index contributed by atoms with van der Waals surface area (Å²) < 4.78 is 10.9. The molecule has 0 unspecified atom stereocenters. The van der Waals surface area contributed by atoms with E-state index < -0.39 is 0 Å². The fourth-order valence-corrected chi connectivity index (χ4v) is 2.18. The summed E-state index contributed by atoms with van der Waals surface area (Å²) in [6.45, 7) is 5.04. The fraction of sp³-hybridized carbons (Fsp3) is 0.353. The largest absolute Gasteiger partial charge is 0.496 e. The third kappa shape index (κ3) is 3.73. The molecule has 0 amide bonds. The van der Waals surface area contributed by atoms with Crippen molar-refractivity contribution >= 4 is 0 Å². The quantitative estimate of drug-likeness (QED) is 0.885. The number of pyridine rings is 1. The van der Waals surface area contributed by atoms with Crippen LogP contribution in [0.1, 0.15) is 19.4 Å². The molecule has 0 saturated heterocycles. The van der Waals surface area contributed by atoms with E-state index in [2.05, 4.69) is 30.2 Å². The number of hydrogen-bond donors (Lipinski definition) is 1. The zero-order valence-electron chi connectivity index (χ0n) is 13.0. The van der Waals surface area contributed by atoms with Gasteiger partial charge in [0.05, 0.1) is 19.8 Å². The van der Waals surface area contributed by atoms with E-state index in [1.165, 1.54) is 0 Å². The van der Waals surface area contributed by atoms with Crippen LogP contribution in [0.25, 0.3) is 11.1 Å². The molecule has 1 aromatic heterocycles. The second-order valence-corrected chi connectivity index (χ2v) is 5.15. The Morgan fingerprint density at radius 3 is 2.33 bits per heavy atom. The van der Waals surface area contributed by atoms with Gasteiger partial charge in [0.2, 0.25) is 0 Å². The lowest BCUT2D eigenvalue weighted by molar-refractivity contribution is 0.397. The van der Waals surface area contributed by atoms with Crippen LogP contribution in [-0.4, -0.2) is 25.2 Å². The highest BCUT2D eigenvalue weighted by atomic mass is 16.5. The molecule has 0 bridgehead atoms. The topological polar surface area (TPSA) is 43.4 Å². The predicted octanol–water partition coefficient (Wildman–Crippen LogP) is 3.26. The van der Waals surface area contributed by atoms with Crippen molar-refractivity contribution in [2.75, 3.05) is 14.2 Å². The van der Waals surface area contributed by atoms with Crippen LogP contribution in [0.4, 0.5) is 0 Å². The van der Waals surface area contributed by atoms with Crippen LogP contribution in [0, 0.1) is 0 Å². The Bertz CT molecular complexity index is 575. The molecule has 0 aliphatic rings. The summed E-state index contributed by atoms with van der Waals surface area (Å²) in [4.78, 5) is 4.34. The third-order valence-corrected chi connectivity index (χ3v) is 3.23. The monoisotopic (exact) mass is 286 g/mol. The average Bonchev–Trinajstić information content (AvgIpc) is 2.52. The van der Waals surface area contributed by atoms with E-state index in [1.807, 2.05) is 30.6 Å². The first kappa shape index (κ1) is 15.3. The number of rotatable bonds is 6. The first-order valence-electron chi connectivity index (χ1n) is 7.04. The molecule has 21 heavy (non-hydrogen) atoms. The normalized spacial score (nSPS) is 10.7. The van der Waals surface area contributed by atoms with E-state index in [-0.39, 0.29) is 0 Å². The van der Waals surface area contributed by atoms with Gasteiger partial charge in [0.15, 0.2) is 0 Å². The van der Waals surface area contributed by atoms with Crippen molar-refractivity contribution in [1.29, 1.82) is 0 Å². The Balaban J connectivity index is 2.40.